The molecule has 66 valence electrons. The van der Waals surface area contributed by atoms with Crippen molar-refractivity contribution in [3.63, 3.8) is 0 Å². The lowest BCUT2D eigenvalue weighted by molar-refractivity contribution is -0.145. The molecule has 4 heteroatoms. The van der Waals surface area contributed by atoms with E-state index in [9.17, 15) is 9.59 Å². The standard InChI is InChI=1S/C8H11NO3/c10-7-5-1-4(3-9-7)2-6(5)8(11)12/h4-6H,1-3H2,(H,9,10)(H,11,12)/t4-,5-,6+/m1/s1. The number of carboxylic acids is 1. The fourth-order valence-electron chi connectivity index (χ4n) is 2.25. The van der Waals surface area contributed by atoms with Gasteiger partial charge in [0.25, 0.3) is 0 Å². The quantitative estimate of drug-likeness (QED) is 0.573. The smallest absolute Gasteiger partial charge is 0.307 e. The number of piperidine rings is 1. The summed E-state index contributed by atoms with van der Waals surface area (Å²) >= 11 is 0. The fourth-order valence-corrected chi connectivity index (χ4v) is 2.25. The Morgan fingerprint density at radius 3 is 2.92 bits per heavy atom. The predicted octanol–water partition coefficient (Wildman–Crippen LogP) is -0.157. The summed E-state index contributed by atoms with van der Waals surface area (Å²) in [5.74, 6) is -1.19. The lowest BCUT2D eigenvalue weighted by atomic mass is 9.95. The SMILES string of the molecule is O=C(O)[C@H]1C[C@@H]2CNC(=O)[C@@H]1C2. The van der Waals surface area contributed by atoms with Crippen molar-refractivity contribution in [1.82, 2.24) is 5.32 Å². The van der Waals surface area contributed by atoms with Gasteiger partial charge in [-0.2, -0.15) is 0 Å². The zero-order chi connectivity index (χ0) is 8.72. The van der Waals surface area contributed by atoms with Crippen LogP contribution in [0.15, 0.2) is 0 Å². The van der Waals surface area contributed by atoms with Gasteiger partial charge >= 0.3 is 5.97 Å². The fraction of sp³-hybridized carbons (Fsp3) is 0.750. The molecule has 0 unspecified atom stereocenters. The molecule has 1 aliphatic carbocycles. The summed E-state index contributed by atoms with van der Waals surface area (Å²) in [6.07, 6.45) is 1.43. The minimum absolute atomic E-state index is 0.0730. The van der Waals surface area contributed by atoms with Crippen LogP contribution in [-0.4, -0.2) is 23.5 Å². The highest BCUT2D eigenvalue weighted by Gasteiger charge is 2.45. The van der Waals surface area contributed by atoms with E-state index in [4.69, 9.17) is 5.11 Å². The molecular weight excluding hydrogens is 158 g/mol. The van der Waals surface area contributed by atoms with Gasteiger partial charge in [0.2, 0.25) is 5.91 Å². The molecule has 12 heavy (non-hydrogen) atoms. The van der Waals surface area contributed by atoms with E-state index >= 15 is 0 Å². The van der Waals surface area contributed by atoms with Crippen LogP contribution in [0.25, 0.3) is 0 Å². The minimum atomic E-state index is -0.820. The van der Waals surface area contributed by atoms with E-state index in [0.29, 0.717) is 18.9 Å². The maximum atomic E-state index is 11.2. The van der Waals surface area contributed by atoms with Gasteiger partial charge in [0.15, 0.2) is 0 Å². The minimum Gasteiger partial charge on any atom is -0.481 e. The number of carboxylic acid groups (broad SMARTS) is 1. The first kappa shape index (κ1) is 7.58. The average molecular weight is 169 g/mol. The number of hydrogen-bond donors (Lipinski definition) is 2. The van der Waals surface area contributed by atoms with E-state index < -0.39 is 11.9 Å². The van der Waals surface area contributed by atoms with Gasteiger partial charge in [-0.25, -0.2) is 0 Å². The van der Waals surface area contributed by atoms with Gasteiger partial charge in [-0.05, 0) is 18.8 Å². The highest BCUT2D eigenvalue weighted by Crippen LogP contribution is 2.38. The van der Waals surface area contributed by atoms with E-state index in [-0.39, 0.29) is 11.8 Å². The summed E-state index contributed by atoms with van der Waals surface area (Å²) < 4.78 is 0. The van der Waals surface area contributed by atoms with Crippen molar-refractivity contribution in [2.45, 2.75) is 12.8 Å². The molecule has 3 atom stereocenters. The van der Waals surface area contributed by atoms with E-state index in [0.717, 1.165) is 6.42 Å². The first-order valence-electron chi connectivity index (χ1n) is 4.19. The highest BCUT2D eigenvalue weighted by molar-refractivity contribution is 5.86. The number of nitrogens with one attached hydrogen (secondary N) is 1. The Labute approximate surface area is 69.9 Å². The van der Waals surface area contributed by atoms with E-state index in [1.54, 1.807) is 0 Å². The van der Waals surface area contributed by atoms with Crippen molar-refractivity contribution in [2.24, 2.45) is 17.8 Å². The molecule has 1 saturated carbocycles. The van der Waals surface area contributed by atoms with Crippen LogP contribution in [0.5, 0.6) is 0 Å². The molecule has 1 saturated heterocycles. The molecular formula is C8H11NO3. The second-order valence-electron chi connectivity index (χ2n) is 3.63. The predicted molar refractivity (Wildman–Crippen MR) is 40.3 cm³/mol. The first-order valence-corrected chi connectivity index (χ1v) is 4.19. The maximum Gasteiger partial charge on any atom is 0.307 e. The molecule has 4 nitrogen and oxygen atoms in total. The summed E-state index contributed by atoms with van der Waals surface area (Å²) in [7, 11) is 0. The lowest BCUT2D eigenvalue weighted by Crippen LogP contribution is -2.39. The molecule has 2 rings (SSSR count). The van der Waals surface area contributed by atoms with Gasteiger partial charge in [0.05, 0.1) is 11.8 Å². The van der Waals surface area contributed by atoms with E-state index in [2.05, 4.69) is 5.32 Å². The Morgan fingerprint density at radius 2 is 2.25 bits per heavy atom. The lowest BCUT2D eigenvalue weighted by Gasteiger charge is -2.19. The first-order chi connectivity index (χ1) is 5.68. The van der Waals surface area contributed by atoms with Gasteiger partial charge in [-0.15, -0.1) is 0 Å². The maximum absolute atomic E-state index is 11.2. The molecule has 2 aliphatic rings. The van der Waals surface area contributed by atoms with Crippen LogP contribution in [-0.2, 0) is 9.59 Å². The van der Waals surface area contributed by atoms with Crippen molar-refractivity contribution in [2.75, 3.05) is 6.54 Å². The second kappa shape index (κ2) is 2.47. The van der Waals surface area contributed by atoms with Crippen molar-refractivity contribution < 1.29 is 14.7 Å². The third-order valence-electron chi connectivity index (χ3n) is 2.88. The summed E-state index contributed by atoms with van der Waals surface area (Å²) in [5.41, 5.74) is 0. The third-order valence-corrected chi connectivity index (χ3v) is 2.88. The van der Waals surface area contributed by atoms with Gasteiger partial charge in [0.1, 0.15) is 0 Å². The van der Waals surface area contributed by atoms with Crippen LogP contribution >= 0.6 is 0 Å². The number of hydrogen-bond acceptors (Lipinski definition) is 2. The van der Waals surface area contributed by atoms with E-state index in [1.807, 2.05) is 0 Å². The molecule has 0 spiro atoms. The molecule has 2 N–H and O–H groups in total. The number of carbonyl (C=O) groups is 2. The Balaban J connectivity index is 2.19. The Kier molecular flexibility index (Phi) is 1.56. The van der Waals surface area contributed by atoms with Crippen molar-refractivity contribution in [1.29, 1.82) is 0 Å². The topological polar surface area (TPSA) is 66.4 Å². The van der Waals surface area contributed by atoms with Crippen LogP contribution in [0.2, 0.25) is 0 Å². The Hall–Kier alpha value is -1.06. The summed E-state index contributed by atoms with van der Waals surface area (Å²) in [6, 6.07) is 0. The Morgan fingerprint density at radius 1 is 1.50 bits per heavy atom. The number of amides is 1. The molecule has 1 aliphatic heterocycles. The third kappa shape index (κ3) is 0.983. The normalized spacial score (nSPS) is 39.3. The molecule has 0 aromatic rings. The van der Waals surface area contributed by atoms with E-state index in [1.165, 1.54) is 0 Å². The van der Waals surface area contributed by atoms with Crippen molar-refractivity contribution in [3.8, 4) is 0 Å². The van der Waals surface area contributed by atoms with Crippen molar-refractivity contribution in [3.05, 3.63) is 0 Å². The van der Waals surface area contributed by atoms with Crippen LogP contribution in [0.4, 0.5) is 0 Å². The molecule has 2 fully saturated rings. The number of fused-ring (bicyclic) bond motifs is 2. The zero-order valence-electron chi connectivity index (χ0n) is 6.62. The molecule has 2 bridgehead atoms. The zero-order valence-corrected chi connectivity index (χ0v) is 6.62. The van der Waals surface area contributed by atoms with Gasteiger partial charge in [0, 0.05) is 6.54 Å². The van der Waals surface area contributed by atoms with Crippen LogP contribution < -0.4 is 5.32 Å². The highest BCUT2D eigenvalue weighted by atomic mass is 16.4. The molecule has 0 aromatic carbocycles. The van der Waals surface area contributed by atoms with Crippen molar-refractivity contribution >= 4 is 11.9 Å². The number of carbonyl (C=O) groups excluding carboxylic acids is 1. The second-order valence-corrected chi connectivity index (χ2v) is 3.63. The van der Waals surface area contributed by atoms with Gasteiger partial charge in [-0.1, -0.05) is 0 Å². The summed E-state index contributed by atoms with van der Waals surface area (Å²) in [5, 5.41) is 11.5. The molecule has 1 heterocycles. The van der Waals surface area contributed by atoms with Crippen LogP contribution in [0.1, 0.15) is 12.8 Å². The van der Waals surface area contributed by atoms with Gasteiger partial charge in [-0.3, -0.25) is 9.59 Å². The molecule has 0 aromatic heterocycles. The summed E-state index contributed by atoms with van der Waals surface area (Å²) in [6.45, 7) is 0.666. The number of aliphatic carboxylic acids is 1. The monoisotopic (exact) mass is 169 g/mol. The average Bonchev–Trinajstić information content (AvgIpc) is 2.37. The number of rotatable bonds is 1. The Bertz CT molecular complexity index is 238. The summed E-state index contributed by atoms with van der Waals surface area (Å²) in [4.78, 5) is 21.9. The van der Waals surface area contributed by atoms with Crippen LogP contribution in [0.3, 0.4) is 0 Å². The largest absolute Gasteiger partial charge is 0.481 e. The molecule has 0 radical (unpaired) electrons. The molecule has 1 amide bonds. The van der Waals surface area contributed by atoms with Crippen LogP contribution in [0, 0.1) is 17.8 Å². The van der Waals surface area contributed by atoms with Gasteiger partial charge < -0.3 is 10.4 Å².